The summed E-state index contributed by atoms with van der Waals surface area (Å²) < 4.78 is 0. The van der Waals surface area contributed by atoms with Crippen LogP contribution in [0.1, 0.15) is 11.1 Å². The van der Waals surface area contributed by atoms with Gasteiger partial charge in [0.1, 0.15) is 5.03 Å². The first kappa shape index (κ1) is 19.8. The van der Waals surface area contributed by atoms with Crippen molar-refractivity contribution in [2.75, 3.05) is 0 Å². The summed E-state index contributed by atoms with van der Waals surface area (Å²) in [6, 6.07) is 17.6. The molecule has 0 amide bonds. The Bertz CT molecular complexity index is 844. The van der Waals surface area contributed by atoms with E-state index in [0.717, 1.165) is 32.2 Å². The average Bonchev–Trinajstić information content (AvgIpc) is 2.64. The minimum Gasteiger partial charge on any atom is -0.392 e. The van der Waals surface area contributed by atoms with Gasteiger partial charge in [-0.3, -0.25) is 0 Å². The number of hydrogen-bond donors (Lipinski definition) is 2. The van der Waals surface area contributed by atoms with Gasteiger partial charge < -0.3 is 10.8 Å². The van der Waals surface area contributed by atoms with E-state index in [4.69, 9.17) is 17.3 Å². The molecule has 0 unspecified atom stereocenters. The molecule has 0 atom stereocenters. The second-order valence-corrected chi connectivity index (χ2v) is 6.59. The fourth-order valence-electron chi connectivity index (χ4n) is 2.44. The number of rotatable bonds is 5. The van der Waals surface area contributed by atoms with Gasteiger partial charge in [-0.05, 0) is 17.2 Å². The van der Waals surface area contributed by atoms with Crippen molar-refractivity contribution in [2.45, 2.75) is 23.1 Å². The van der Waals surface area contributed by atoms with Gasteiger partial charge in [0.25, 0.3) is 0 Å². The minimum atomic E-state index is -0.0654. The lowest BCUT2D eigenvalue weighted by atomic mass is 10.0. The molecule has 0 spiro atoms. The van der Waals surface area contributed by atoms with E-state index in [1.165, 1.54) is 11.8 Å². The van der Waals surface area contributed by atoms with Crippen LogP contribution in [0.4, 0.5) is 0 Å². The predicted octanol–water partition coefficient (Wildman–Crippen LogP) is 4.93. The van der Waals surface area contributed by atoms with Crippen LogP contribution in [-0.2, 0) is 13.2 Å². The molecular formula is C19H18Cl2N2OS. The van der Waals surface area contributed by atoms with Crippen LogP contribution < -0.4 is 5.73 Å². The monoisotopic (exact) mass is 392 g/mol. The van der Waals surface area contributed by atoms with Crippen LogP contribution >= 0.6 is 35.8 Å². The maximum atomic E-state index is 9.51. The van der Waals surface area contributed by atoms with Gasteiger partial charge in [-0.15, -0.1) is 12.4 Å². The van der Waals surface area contributed by atoms with Crippen molar-refractivity contribution in [3.05, 3.63) is 76.9 Å². The summed E-state index contributed by atoms with van der Waals surface area (Å²) in [5, 5.41) is 10.9. The van der Waals surface area contributed by atoms with Gasteiger partial charge in [0, 0.05) is 28.8 Å². The number of nitrogens with zero attached hydrogens (tertiary/aromatic N) is 1. The van der Waals surface area contributed by atoms with E-state index in [9.17, 15) is 5.11 Å². The van der Waals surface area contributed by atoms with Gasteiger partial charge in [0.15, 0.2) is 0 Å². The Morgan fingerprint density at radius 2 is 1.76 bits per heavy atom. The molecule has 3 nitrogen and oxygen atoms in total. The second-order valence-electron chi connectivity index (χ2n) is 5.21. The van der Waals surface area contributed by atoms with Crippen LogP contribution in [0.2, 0.25) is 5.02 Å². The Morgan fingerprint density at radius 1 is 1.00 bits per heavy atom. The third-order valence-corrected chi connectivity index (χ3v) is 5.44. The van der Waals surface area contributed by atoms with Gasteiger partial charge in [0.2, 0.25) is 0 Å². The van der Waals surface area contributed by atoms with Gasteiger partial charge in [0.05, 0.1) is 11.6 Å². The SMILES string of the molecule is Cl.NCc1ccc(-c2ccccc2)c(Cl)c1Sc1ncccc1CO. The lowest BCUT2D eigenvalue weighted by Crippen LogP contribution is -2.00. The van der Waals surface area contributed by atoms with Crippen molar-refractivity contribution in [2.24, 2.45) is 5.73 Å². The summed E-state index contributed by atoms with van der Waals surface area (Å²) in [5.41, 5.74) is 9.63. The van der Waals surface area contributed by atoms with Crippen molar-refractivity contribution >= 4 is 35.8 Å². The van der Waals surface area contributed by atoms with E-state index in [-0.39, 0.29) is 19.0 Å². The Labute approximate surface area is 162 Å². The first-order chi connectivity index (χ1) is 11.7. The Morgan fingerprint density at radius 3 is 2.44 bits per heavy atom. The Balaban J connectivity index is 0.00000225. The first-order valence-corrected chi connectivity index (χ1v) is 8.73. The Hall–Kier alpha value is -1.56. The average molecular weight is 393 g/mol. The van der Waals surface area contributed by atoms with E-state index in [1.807, 2.05) is 48.5 Å². The standard InChI is InChI=1S/C19H17ClN2OS.ClH/c20-17-16(13-5-2-1-3-6-13)9-8-14(11-21)18(17)24-19-15(12-23)7-4-10-22-19;/h1-10,23H,11-12,21H2;1H. The largest absolute Gasteiger partial charge is 0.392 e. The number of halogens is 2. The number of aliphatic hydroxyl groups is 1. The molecule has 25 heavy (non-hydrogen) atoms. The van der Waals surface area contributed by atoms with Crippen LogP contribution in [0, 0.1) is 0 Å². The highest BCUT2D eigenvalue weighted by Gasteiger charge is 2.15. The highest BCUT2D eigenvalue weighted by molar-refractivity contribution is 7.99. The lowest BCUT2D eigenvalue weighted by molar-refractivity contribution is 0.278. The maximum Gasteiger partial charge on any atom is 0.106 e. The molecule has 3 N–H and O–H groups in total. The van der Waals surface area contributed by atoms with Crippen molar-refractivity contribution in [3.63, 3.8) is 0 Å². The third kappa shape index (κ3) is 4.35. The van der Waals surface area contributed by atoms with Crippen LogP contribution in [-0.4, -0.2) is 10.1 Å². The number of aromatic nitrogens is 1. The van der Waals surface area contributed by atoms with Crippen LogP contribution in [0.5, 0.6) is 0 Å². The van der Waals surface area contributed by atoms with Crippen molar-refractivity contribution < 1.29 is 5.11 Å². The zero-order valence-corrected chi connectivity index (χ0v) is 15.7. The number of nitrogens with two attached hydrogens (primary N) is 1. The predicted molar refractivity (Wildman–Crippen MR) is 106 cm³/mol. The maximum absolute atomic E-state index is 9.51. The van der Waals surface area contributed by atoms with Gasteiger partial charge >= 0.3 is 0 Å². The molecule has 0 aliphatic carbocycles. The van der Waals surface area contributed by atoms with Crippen molar-refractivity contribution in [1.29, 1.82) is 0 Å². The smallest absolute Gasteiger partial charge is 0.106 e. The zero-order valence-electron chi connectivity index (χ0n) is 13.4. The van der Waals surface area contributed by atoms with Gasteiger partial charge in [-0.1, -0.05) is 71.9 Å². The molecule has 0 aliphatic heterocycles. The molecule has 1 heterocycles. The summed E-state index contributed by atoms with van der Waals surface area (Å²) >= 11 is 8.15. The number of hydrogen-bond acceptors (Lipinski definition) is 4. The molecule has 2 aromatic carbocycles. The molecule has 0 bridgehead atoms. The molecule has 3 aromatic rings. The van der Waals surface area contributed by atoms with E-state index in [1.54, 1.807) is 12.3 Å². The first-order valence-electron chi connectivity index (χ1n) is 7.54. The van der Waals surface area contributed by atoms with Crippen molar-refractivity contribution in [3.8, 4) is 11.1 Å². The molecule has 3 rings (SSSR count). The minimum absolute atomic E-state index is 0. The fraction of sp³-hybridized carbons (Fsp3) is 0.105. The molecule has 1 aromatic heterocycles. The van der Waals surface area contributed by atoms with E-state index in [2.05, 4.69) is 4.98 Å². The molecule has 0 aliphatic rings. The summed E-state index contributed by atoms with van der Waals surface area (Å²) in [5.74, 6) is 0. The van der Waals surface area contributed by atoms with Crippen LogP contribution in [0.15, 0.2) is 70.7 Å². The molecule has 0 fully saturated rings. The highest BCUT2D eigenvalue weighted by Crippen LogP contribution is 2.41. The summed E-state index contributed by atoms with van der Waals surface area (Å²) in [4.78, 5) is 5.25. The second kappa shape index (κ2) is 9.22. The van der Waals surface area contributed by atoms with E-state index < -0.39 is 0 Å². The quantitative estimate of drug-likeness (QED) is 0.646. The molecule has 0 saturated carbocycles. The summed E-state index contributed by atoms with van der Waals surface area (Å²) in [7, 11) is 0. The molecule has 0 saturated heterocycles. The topological polar surface area (TPSA) is 59.1 Å². The number of aliphatic hydroxyl groups excluding tert-OH is 1. The van der Waals surface area contributed by atoms with E-state index >= 15 is 0 Å². The van der Waals surface area contributed by atoms with Crippen LogP contribution in [0.3, 0.4) is 0 Å². The zero-order chi connectivity index (χ0) is 16.9. The van der Waals surface area contributed by atoms with Gasteiger partial charge in [-0.25, -0.2) is 4.98 Å². The normalized spacial score (nSPS) is 10.4. The summed E-state index contributed by atoms with van der Waals surface area (Å²) in [6.45, 7) is 0.322. The van der Waals surface area contributed by atoms with Crippen LogP contribution in [0.25, 0.3) is 11.1 Å². The molecule has 0 radical (unpaired) electrons. The Kier molecular flexibility index (Phi) is 7.29. The summed E-state index contributed by atoms with van der Waals surface area (Å²) in [6.07, 6.45) is 1.71. The number of benzene rings is 2. The number of pyridine rings is 1. The molecule has 6 heteroatoms. The third-order valence-electron chi connectivity index (χ3n) is 3.70. The lowest BCUT2D eigenvalue weighted by Gasteiger charge is -2.14. The van der Waals surface area contributed by atoms with E-state index in [0.29, 0.717) is 11.6 Å². The fourth-order valence-corrected chi connectivity index (χ4v) is 3.90. The van der Waals surface area contributed by atoms with Crippen molar-refractivity contribution in [1.82, 2.24) is 4.98 Å². The molecular weight excluding hydrogens is 375 g/mol. The molecule has 130 valence electrons. The highest BCUT2D eigenvalue weighted by atomic mass is 35.5. The van der Waals surface area contributed by atoms with Gasteiger partial charge in [-0.2, -0.15) is 0 Å².